The van der Waals surface area contributed by atoms with Crippen molar-refractivity contribution in [1.29, 1.82) is 0 Å². The molecule has 86 valence electrons. The number of likely N-dealkylation sites (N-methyl/N-ethyl adjacent to an activating group) is 1. The summed E-state index contributed by atoms with van der Waals surface area (Å²) >= 11 is 6.04. The van der Waals surface area contributed by atoms with E-state index in [0.29, 0.717) is 10.8 Å². The highest BCUT2D eigenvalue weighted by molar-refractivity contribution is 6.31. The third kappa shape index (κ3) is 1.55. The summed E-state index contributed by atoms with van der Waals surface area (Å²) in [7, 11) is 1.75. The highest BCUT2D eigenvalue weighted by Gasteiger charge is 2.39. The number of rotatable bonds is 0. The van der Waals surface area contributed by atoms with Crippen LogP contribution in [0.4, 0.5) is 5.69 Å². The van der Waals surface area contributed by atoms with Gasteiger partial charge in [0, 0.05) is 18.1 Å². The first-order valence-corrected chi connectivity index (χ1v) is 5.48. The van der Waals surface area contributed by atoms with Gasteiger partial charge in [-0.05, 0) is 32.4 Å². The second-order valence-corrected chi connectivity index (χ2v) is 4.95. The summed E-state index contributed by atoms with van der Waals surface area (Å²) in [5, 5.41) is 0.650. The lowest BCUT2D eigenvalue weighted by Gasteiger charge is -2.37. The first kappa shape index (κ1) is 11.3. The summed E-state index contributed by atoms with van der Waals surface area (Å²) in [6.07, 6.45) is 0. The van der Waals surface area contributed by atoms with Crippen molar-refractivity contribution in [3.8, 4) is 5.75 Å². The van der Waals surface area contributed by atoms with Gasteiger partial charge in [-0.2, -0.15) is 0 Å². The Hall–Kier alpha value is -1.22. The zero-order valence-corrected chi connectivity index (χ0v) is 10.6. The summed E-state index contributed by atoms with van der Waals surface area (Å²) in [4.78, 5) is 13.6. The predicted octanol–water partition coefficient (Wildman–Crippen LogP) is 2.78. The van der Waals surface area contributed by atoms with E-state index in [4.69, 9.17) is 16.3 Å². The average Bonchev–Trinajstić information content (AvgIpc) is 2.18. The molecular formula is C12H14ClNO2. The van der Waals surface area contributed by atoms with Crippen LogP contribution >= 0.6 is 11.6 Å². The molecule has 0 fully saturated rings. The Morgan fingerprint density at radius 3 is 2.62 bits per heavy atom. The average molecular weight is 240 g/mol. The van der Waals surface area contributed by atoms with Gasteiger partial charge in [0.1, 0.15) is 5.75 Å². The minimum absolute atomic E-state index is 0.0540. The van der Waals surface area contributed by atoms with E-state index in [1.54, 1.807) is 31.9 Å². The molecule has 0 radical (unpaired) electrons. The number of carbonyl (C=O) groups is 1. The highest BCUT2D eigenvalue weighted by atomic mass is 35.5. The number of anilines is 1. The number of ether oxygens (including phenoxy) is 1. The van der Waals surface area contributed by atoms with Crippen molar-refractivity contribution in [1.82, 2.24) is 0 Å². The molecule has 0 N–H and O–H groups in total. The van der Waals surface area contributed by atoms with Crippen molar-refractivity contribution < 1.29 is 9.53 Å². The second kappa shape index (κ2) is 3.39. The molecule has 4 heteroatoms. The first-order valence-electron chi connectivity index (χ1n) is 5.10. The zero-order chi connectivity index (χ0) is 12.1. The minimum atomic E-state index is -0.833. The summed E-state index contributed by atoms with van der Waals surface area (Å²) in [6, 6.07) is 3.63. The largest absolute Gasteiger partial charge is 0.476 e. The number of halogens is 1. The van der Waals surface area contributed by atoms with Gasteiger partial charge in [0.2, 0.25) is 0 Å². The van der Waals surface area contributed by atoms with Gasteiger partial charge < -0.3 is 9.64 Å². The van der Waals surface area contributed by atoms with Crippen LogP contribution in [-0.4, -0.2) is 18.6 Å². The molecule has 0 bridgehead atoms. The molecule has 2 rings (SSSR count). The molecule has 0 atom stereocenters. The summed E-state index contributed by atoms with van der Waals surface area (Å²) in [5.74, 6) is 0.601. The number of fused-ring (bicyclic) bond motifs is 1. The Bertz CT molecular complexity index is 468. The number of carbonyl (C=O) groups excluding carboxylic acids is 1. The lowest BCUT2D eigenvalue weighted by Crippen LogP contribution is -2.50. The van der Waals surface area contributed by atoms with E-state index in [2.05, 4.69) is 0 Å². The van der Waals surface area contributed by atoms with Crippen molar-refractivity contribution in [3.63, 3.8) is 0 Å². The normalized spacial score (nSPS) is 18.1. The molecule has 0 aromatic heterocycles. The van der Waals surface area contributed by atoms with E-state index in [1.807, 2.05) is 13.0 Å². The van der Waals surface area contributed by atoms with Crippen molar-refractivity contribution in [2.45, 2.75) is 26.4 Å². The van der Waals surface area contributed by atoms with Crippen LogP contribution in [0, 0.1) is 6.92 Å². The number of hydrogen-bond donors (Lipinski definition) is 0. The molecule has 1 amide bonds. The topological polar surface area (TPSA) is 29.5 Å². The molecule has 1 aromatic carbocycles. The number of aryl methyl sites for hydroxylation is 1. The molecular weight excluding hydrogens is 226 g/mol. The molecule has 1 aromatic rings. The molecule has 1 aliphatic heterocycles. The van der Waals surface area contributed by atoms with Crippen molar-refractivity contribution in [3.05, 3.63) is 22.7 Å². The van der Waals surface area contributed by atoms with Gasteiger partial charge in [0.25, 0.3) is 5.91 Å². The summed E-state index contributed by atoms with van der Waals surface area (Å²) in [5.41, 5.74) is 0.870. The lowest BCUT2D eigenvalue weighted by atomic mass is 10.0. The van der Waals surface area contributed by atoms with Gasteiger partial charge >= 0.3 is 0 Å². The Labute approximate surface area is 100.0 Å². The molecule has 1 heterocycles. The Kier molecular flexibility index (Phi) is 2.39. The van der Waals surface area contributed by atoms with Crippen LogP contribution in [0.3, 0.4) is 0 Å². The van der Waals surface area contributed by atoms with Crippen LogP contribution < -0.4 is 9.64 Å². The number of nitrogens with zero attached hydrogens (tertiary/aromatic N) is 1. The standard InChI is InChI=1S/C12H14ClNO2/c1-7-5-9-10(6-8(7)13)16-12(2,3)11(15)14(9)4/h5-6H,1-4H3. The van der Waals surface area contributed by atoms with E-state index in [0.717, 1.165) is 11.3 Å². The van der Waals surface area contributed by atoms with Gasteiger partial charge in [-0.1, -0.05) is 11.6 Å². The van der Waals surface area contributed by atoms with Crippen LogP contribution in [0.15, 0.2) is 12.1 Å². The van der Waals surface area contributed by atoms with Crippen LogP contribution in [-0.2, 0) is 4.79 Å². The molecule has 0 saturated carbocycles. The van der Waals surface area contributed by atoms with Crippen molar-refractivity contribution >= 4 is 23.2 Å². The van der Waals surface area contributed by atoms with Gasteiger partial charge in [-0.3, -0.25) is 4.79 Å². The maximum Gasteiger partial charge on any atom is 0.270 e. The zero-order valence-electron chi connectivity index (χ0n) is 9.80. The first-order chi connectivity index (χ1) is 7.33. The fraction of sp³-hybridized carbons (Fsp3) is 0.417. The van der Waals surface area contributed by atoms with Crippen LogP contribution in [0.1, 0.15) is 19.4 Å². The quantitative estimate of drug-likeness (QED) is 0.697. The van der Waals surface area contributed by atoms with Crippen molar-refractivity contribution in [2.75, 3.05) is 11.9 Å². The van der Waals surface area contributed by atoms with E-state index in [1.165, 1.54) is 0 Å². The fourth-order valence-corrected chi connectivity index (χ4v) is 1.98. The molecule has 0 spiro atoms. The second-order valence-electron chi connectivity index (χ2n) is 4.55. The predicted molar refractivity (Wildman–Crippen MR) is 64.3 cm³/mol. The molecule has 1 aliphatic rings. The Balaban J connectivity index is 2.60. The molecule has 3 nitrogen and oxygen atoms in total. The van der Waals surface area contributed by atoms with Crippen LogP contribution in [0.2, 0.25) is 5.02 Å². The van der Waals surface area contributed by atoms with E-state index >= 15 is 0 Å². The lowest BCUT2D eigenvalue weighted by molar-refractivity contribution is -0.132. The van der Waals surface area contributed by atoms with E-state index < -0.39 is 5.60 Å². The van der Waals surface area contributed by atoms with Gasteiger partial charge in [0.15, 0.2) is 5.60 Å². The summed E-state index contributed by atoms with van der Waals surface area (Å²) in [6.45, 7) is 5.41. The molecule has 0 saturated heterocycles. The van der Waals surface area contributed by atoms with Crippen molar-refractivity contribution in [2.24, 2.45) is 0 Å². The van der Waals surface area contributed by atoms with Gasteiger partial charge in [-0.15, -0.1) is 0 Å². The molecule has 0 unspecified atom stereocenters. The Morgan fingerprint density at radius 1 is 1.38 bits per heavy atom. The Morgan fingerprint density at radius 2 is 2.00 bits per heavy atom. The molecule has 16 heavy (non-hydrogen) atoms. The maximum atomic E-state index is 12.0. The third-order valence-electron chi connectivity index (χ3n) is 2.79. The third-order valence-corrected chi connectivity index (χ3v) is 3.19. The SMILES string of the molecule is Cc1cc2c(cc1Cl)OC(C)(C)C(=O)N2C. The van der Waals surface area contributed by atoms with E-state index in [-0.39, 0.29) is 5.91 Å². The number of benzene rings is 1. The fourth-order valence-electron chi connectivity index (χ4n) is 1.82. The van der Waals surface area contributed by atoms with E-state index in [9.17, 15) is 4.79 Å². The highest BCUT2D eigenvalue weighted by Crippen LogP contribution is 2.39. The van der Waals surface area contributed by atoms with Crippen LogP contribution in [0.5, 0.6) is 5.75 Å². The maximum absolute atomic E-state index is 12.0. The number of amides is 1. The smallest absolute Gasteiger partial charge is 0.270 e. The summed E-state index contributed by atoms with van der Waals surface area (Å²) < 4.78 is 5.66. The molecule has 0 aliphatic carbocycles. The monoisotopic (exact) mass is 239 g/mol. The van der Waals surface area contributed by atoms with Gasteiger partial charge in [0.05, 0.1) is 5.69 Å². The minimum Gasteiger partial charge on any atom is -0.476 e. The van der Waals surface area contributed by atoms with Gasteiger partial charge in [-0.25, -0.2) is 0 Å². The number of hydrogen-bond acceptors (Lipinski definition) is 2. The van der Waals surface area contributed by atoms with Crippen LogP contribution in [0.25, 0.3) is 0 Å².